The van der Waals surface area contributed by atoms with Gasteiger partial charge in [0.25, 0.3) is 0 Å². The summed E-state index contributed by atoms with van der Waals surface area (Å²) in [4.78, 5) is 34.8. The van der Waals surface area contributed by atoms with Gasteiger partial charge >= 0.3 is 11.2 Å². The van der Waals surface area contributed by atoms with Gasteiger partial charge in [-0.05, 0) is 55.2 Å². The number of hydrogen-bond acceptors (Lipinski definition) is 10. The second kappa shape index (κ2) is 11.3. The molecule has 0 aliphatic carbocycles. The van der Waals surface area contributed by atoms with E-state index < -0.39 is 36.2 Å². The monoisotopic (exact) mass is 522 g/mol. The van der Waals surface area contributed by atoms with Gasteiger partial charge in [0, 0.05) is 0 Å². The molecule has 2 aliphatic rings. The van der Waals surface area contributed by atoms with Crippen LogP contribution in [0.3, 0.4) is 0 Å². The molecular formula is C26H30N6O6. The molecule has 0 unspecified atom stereocenters. The molecule has 0 fully saturated rings. The summed E-state index contributed by atoms with van der Waals surface area (Å²) in [6, 6.07) is 10.7. The van der Waals surface area contributed by atoms with Gasteiger partial charge in [0.2, 0.25) is 0 Å². The standard InChI is InChI=1S/C26H30N6O6/c1-4-15-10-18-19(11-16(15)5-2)31(12-20(34)23(36)21(35)13-33)24-22(27-18)25(37)32(26(38)28-24)30-29-17-8-6-14(3)7-9-17/h6-11,20-21,23,33-36H,4-5,12-13H2,1-3H3/t20-,21+,23-/m0/s1. The molecule has 2 heterocycles. The molecule has 2 aromatic carbocycles. The van der Waals surface area contributed by atoms with Crippen LogP contribution in [-0.2, 0) is 19.4 Å². The lowest BCUT2D eigenvalue weighted by Gasteiger charge is -2.25. The average molecular weight is 523 g/mol. The number of fused-ring (bicyclic) bond motifs is 2. The van der Waals surface area contributed by atoms with Crippen molar-refractivity contribution in [3.63, 3.8) is 0 Å². The van der Waals surface area contributed by atoms with Crippen molar-refractivity contribution in [3.8, 4) is 11.5 Å². The number of benzene rings is 2. The van der Waals surface area contributed by atoms with Gasteiger partial charge in [0.1, 0.15) is 18.3 Å². The maximum atomic E-state index is 13.4. The average Bonchev–Trinajstić information content (AvgIpc) is 2.92. The van der Waals surface area contributed by atoms with E-state index >= 15 is 0 Å². The molecule has 0 aromatic heterocycles. The maximum absolute atomic E-state index is 13.4. The molecule has 12 nitrogen and oxygen atoms in total. The first-order chi connectivity index (χ1) is 18.2. The van der Waals surface area contributed by atoms with E-state index in [1.165, 1.54) is 4.57 Å². The number of aromatic nitrogens is 4. The molecule has 2 aliphatic heterocycles. The van der Waals surface area contributed by atoms with Crippen LogP contribution in [0.15, 0.2) is 56.3 Å². The predicted molar refractivity (Wildman–Crippen MR) is 140 cm³/mol. The normalized spacial score (nSPS) is 14.4. The fraction of sp³-hybridized carbons (Fsp3) is 0.385. The lowest BCUT2D eigenvalue weighted by Crippen LogP contribution is -2.42. The first-order valence-electron chi connectivity index (χ1n) is 12.3. The van der Waals surface area contributed by atoms with Gasteiger partial charge in [0.15, 0.2) is 11.5 Å². The van der Waals surface area contributed by atoms with Gasteiger partial charge in [-0.25, -0.2) is 9.78 Å². The Hall–Kier alpha value is -3.84. The number of aliphatic hydroxyl groups is 4. The van der Waals surface area contributed by atoms with Crippen LogP contribution < -0.4 is 11.2 Å². The largest absolute Gasteiger partial charge is 0.394 e. The summed E-state index contributed by atoms with van der Waals surface area (Å²) < 4.78 is 1.94. The Morgan fingerprint density at radius 1 is 0.947 bits per heavy atom. The minimum Gasteiger partial charge on any atom is -0.394 e. The zero-order valence-corrected chi connectivity index (χ0v) is 21.3. The third kappa shape index (κ3) is 5.24. The Kier molecular flexibility index (Phi) is 8.07. The SMILES string of the molecule is CCc1cc2nc3c(=O)n(N=Nc4ccc(C)cc4)c(=O)nc-3n(C[C@H](O)[C@H](O)[C@H](O)CO)c2cc1CC. The number of rotatable bonds is 9. The van der Waals surface area contributed by atoms with Crippen LogP contribution in [0, 0.1) is 6.92 Å². The Morgan fingerprint density at radius 2 is 1.61 bits per heavy atom. The van der Waals surface area contributed by atoms with Crippen molar-refractivity contribution >= 4 is 16.7 Å². The van der Waals surface area contributed by atoms with Crippen molar-refractivity contribution in [2.75, 3.05) is 6.61 Å². The first kappa shape index (κ1) is 27.2. The van der Waals surface area contributed by atoms with E-state index in [1.807, 2.05) is 45.0 Å². The summed E-state index contributed by atoms with van der Waals surface area (Å²) in [6.45, 7) is 4.79. The summed E-state index contributed by atoms with van der Waals surface area (Å²) in [5.41, 5.74) is 2.31. The van der Waals surface area contributed by atoms with Crippen LogP contribution in [0.2, 0.25) is 0 Å². The number of hydrogen-bond donors (Lipinski definition) is 4. The predicted octanol–water partition coefficient (Wildman–Crippen LogP) is 1.11. The summed E-state index contributed by atoms with van der Waals surface area (Å²) in [5.74, 6) is -0.120. The van der Waals surface area contributed by atoms with Crippen LogP contribution in [0.25, 0.3) is 22.6 Å². The Morgan fingerprint density at radius 3 is 2.24 bits per heavy atom. The molecule has 38 heavy (non-hydrogen) atoms. The zero-order valence-electron chi connectivity index (χ0n) is 21.3. The molecule has 0 saturated carbocycles. The third-order valence-electron chi connectivity index (χ3n) is 6.46. The maximum Gasteiger partial charge on any atom is 0.375 e. The second-order valence-electron chi connectivity index (χ2n) is 9.06. The molecule has 0 amide bonds. The van der Waals surface area contributed by atoms with Crippen LogP contribution in [0.5, 0.6) is 0 Å². The molecule has 0 saturated heterocycles. The molecule has 4 rings (SSSR count). The summed E-state index contributed by atoms with van der Waals surface area (Å²) in [7, 11) is 0. The van der Waals surface area contributed by atoms with Crippen molar-refractivity contribution in [1.82, 2.24) is 19.2 Å². The molecule has 0 radical (unpaired) electrons. The Balaban J connectivity index is 1.95. The van der Waals surface area contributed by atoms with E-state index in [0.29, 0.717) is 27.8 Å². The highest BCUT2D eigenvalue weighted by Crippen LogP contribution is 2.26. The van der Waals surface area contributed by atoms with E-state index in [0.717, 1.165) is 23.1 Å². The quantitative estimate of drug-likeness (QED) is 0.187. The number of nitrogens with zero attached hydrogens (tertiary/aromatic N) is 6. The summed E-state index contributed by atoms with van der Waals surface area (Å²) >= 11 is 0. The lowest BCUT2D eigenvalue weighted by molar-refractivity contribution is -0.0802. The van der Waals surface area contributed by atoms with Crippen LogP contribution in [-0.4, -0.2) is 64.6 Å². The van der Waals surface area contributed by atoms with Gasteiger partial charge < -0.3 is 25.0 Å². The Labute approximate surface area is 217 Å². The lowest BCUT2D eigenvalue weighted by atomic mass is 10.0. The molecule has 200 valence electrons. The highest BCUT2D eigenvalue weighted by molar-refractivity contribution is 5.81. The smallest absolute Gasteiger partial charge is 0.375 e. The van der Waals surface area contributed by atoms with Crippen LogP contribution >= 0.6 is 0 Å². The van der Waals surface area contributed by atoms with Gasteiger partial charge in [-0.3, -0.25) is 4.79 Å². The zero-order chi connectivity index (χ0) is 27.6. The second-order valence-corrected chi connectivity index (χ2v) is 9.06. The fourth-order valence-corrected chi connectivity index (χ4v) is 4.25. The molecule has 3 atom stereocenters. The highest BCUT2D eigenvalue weighted by Gasteiger charge is 2.28. The highest BCUT2D eigenvalue weighted by atomic mass is 16.4. The van der Waals surface area contributed by atoms with Crippen LogP contribution in [0.4, 0.5) is 5.69 Å². The van der Waals surface area contributed by atoms with Gasteiger partial charge in [-0.15, -0.1) is 9.79 Å². The van der Waals surface area contributed by atoms with Gasteiger partial charge in [0.05, 0.1) is 29.9 Å². The molecule has 4 N–H and O–H groups in total. The molecule has 0 spiro atoms. The van der Waals surface area contributed by atoms with Crippen molar-refractivity contribution in [2.45, 2.75) is 58.5 Å². The molecule has 2 aromatic rings. The van der Waals surface area contributed by atoms with E-state index in [2.05, 4.69) is 20.3 Å². The van der Waals surface area contributed by atoms with Gasteiger partial charge in [-0.1, -0.05) is 36.8 Å². The minimum atomic E-state index is -1.69. The fourth-order valence-electron chi connectivity index (χ4n) is 4.25. The summed E-state index contributed by atoms with van der Waals surface area (Å²) in [6.07, 6.45) is -3.43. The van der Waals surface area contributed by atoms with E-state index in [9.17, 15) is 30.0 Å². The number of aliphatic hydroxyl groups excluding tert-OH is 4. The minimum absolute atomic E-state index is 0.120. The van der Waals surface area contributed by atoms with Crippen molar-refractivity contribution < 1.29 is 20.4 Å². The molecule has 12 heteroatoms. The first-order valence-corrected chi connectivity index (χ1v) is 12.3. The van der Waals surface area contributed by atoms with Crippen molar-refractivity contribution in [2.24, 2.45) is 10.3 Å². The van der Waals surface area contributed by atoms with E-state index in [4.69, 9.17) is 0 Å². The van der Waals surface area contributed by atoms with E-state index in [-0.39, 0.29) is 18.1 Å². The van der Waals surface area contributed by atoms with Crippen molar-refractivity contribution in [3.05, 3.63) is 73.9 Å². The van der Waals surface area contributed by atoms with Crippen LogP contribution in [0.1, 0.15) is 30.5 Å². The summed E-state index contributed by atoms with van der Waals surface area (Å²) in [5, 5.41) is 47.7. The Bertz CT molecular complexity index is 1560. The van der Waals surface area contributed by atoms with E-state index in [1.54, 1.807) is 12.1 Å². The molecular weight excluding hydrogens is 492 g/mol. The number of aryl methyl sites for hydroxylation is 3. The topological polar surface area (TPSA) is 175 Å². The van der Waals surface area contributed by atoms with Crippen molar-refractivity contribution in [1.29, 1.82) is 0 Å². The van der Waals surface area contributed by atoms with Gasteiger partial charge in [-0.2, -0.15) is 4.98 Å². The third-order valence-corrected chi connectivity index (χ3v) is 6.46. The molecule has 0 bridgehead atoms.